The molecule has 3 N–H and O–H groups in total. The zero-order valence-electron chi connectivity index (χ0n) is 8.79. The first-order valence-corrected chi connectivity index (χ1v) is 5.34. The van der Waals surface area contributed by atoms with E-state index < -0.39 is 6.10 Å². The van der Waals surface area contributed by atoms with E-state index in [4.69, 9.17) is 10.5 Å². The van der Waals surface area contributed by atoms with Gasteiger partial charge in [0.05, 0.1) is 0 Å². The summed E-state index contributed by atoms with van der Waals surface area (Å²) in [5.74, 6) is -0.387. The number of carbonyl (C=O) groups excluding carboxylic acids is 1. The molecule has 1 rings (SSSR count). The van der Waals surface area contributed by atoms with Crippen LogP contribution in [0.5, 0.6) is 0 Å². The van der Waals surface area contributed by atoms with Crippen molar-refractivity contribution in [2.75, 3.05) is 13.2 Å². The first kappa shape index (κ1) is 11.5. The SMILES string of the molecule is CC(OCCC1CCCCN1)C(N)=O. The standard InChI is InChI=1S/C10H20N2O2/c1-8(10(11)13)14-7-5-9-4-2-3-6-12-9/h8-9,12H,2-7H2,1H3,(H2,11,13). The number of ether oxygens (including phenoxy) is 1. The summed E-state index contributed by atoms with van der Waals surface area (Å²) in [6.07, 6.45) is 4.29. The minimum atomic E-state index is -0.460. The van der Waals surface area contributed by atoms with E-state index in [0.717, 1.165) is 13.0 Å². The summed E-state index contributed by atoms with van der Waals surface area (Å²) in [4.78, 5) is 10.7. The second kappa shape index (κ2) is 5.98. The third-order valence-electron chi connectivity index (χ3n) is 2.65. The number of rotatable bonds is 5. The highest BCUT2D eigenvalue weighted by Gasteiger charge is 2.13. The Morgan fingerprint density at radius 1 is 1.64 bits per heavy atom. The molecule has 1 saturated heterocycles. The van der Waals surface area contributed by atoms with Crippen LogP contribution in [0.3, 0.4) is 0 Å². The molecule has 1 aliphatic rings. The van der Waals surface area contributed by atoms with Crippen LogP contribution in [-0.2, 0) is 9.53 Å². The van der Waals surface area contributed by atoms with Gasteiger partial charge in [-0.25, -0.2) is 0 Å². The lowest BCUT2D eigenvalue weighted by molar-refractivity contribution is -0.128. The summed E-state index contributed by atoms with van der Waals surface area (Å²) < 4.78 is 5.29. The molecule has 2 atom stereocenters. The van der Waals surface area contributed by atoms with E-state index in [1.54, 1.807) is 6.92 Å². The first-order valence-electron chi connectivity index (χ1n) is 5.34. The smallest absolute Gasteiger partial charge is 0.246 e. The molecule has 4 heteroatoms. The fourth-order valence-corrected chi connectivity index (χ4v) is 1.64. The van der Waals surface area contributed by atoms with Crippen molar-refractivity contribution in [3.63, 3.8) is 0 Å². The van der Waals surface area contributed by atoms with Crippen molar-refractivity contribution in [3.05, 3.63) is 0 Å². The molecule has 0 bridgehead atoms. The van der Waals surface area contributed by atoms with Gasteiger partial charge in [-0.1, -0.05) is 6.42 Å². The van der Waals surface area contributed by atoms with Gasteiger partial charge in [0, 0.05) is 12.6 Å². The number of hydrogen-bond acceptors (Lipinski definition) is 3. The Hall–Kier alpha value is -0.610. The van der Waals surface area contributed by atoms with Crippen molar-refractivity contribution in [2.24, 2.45) is 5.73 Å². The molecule has 4 nitrogen and oxygen atoms in total. The third-order valence-corrected chi connectivity index (χ3v) is 2.65. The molecule has 0 radical (unpaired) electrons. The Morgan fingerprint density at radius 2 is 2.43 bits per heavy atom. The monoisotopic (exact) mass is 200 g/mol. The molecule has 2 unspecified atom stereocenters. The van der Waals surface area contributed by atoms with Crippen LogP contribution in [0.4, 0.5) is 0 Å². The molecule has 1 aliphatic heterocycles. The van der Waals surface area contributed by atoms with Crippen LogP contribution in [0.25, 0.3) is 0 Å². The molecule has 0 aliphatic carbocycles. The van der Waals surface area contributed by atoms with E-state index in [2.05, 4.69) is 5.32 Å². The molecule has 0 aromatic rings. The van der Waals surface area contributed by atoms with Gasteiger partial charge in [-0.15, -0.1) is 0 Å². The van der Waals surface area contributed by atoms with Crippen molar-refractivity contribution < 1.29 is 9.53 Å². The molecule has 0 aromatic heterocycles. The topological polar surface area (TPSA) is 64.3 Å². The maximum absolute atomic E-state index is 10.7. The third kappa shape index (κ3) is 4.07. The number of piperidine rings is 1. The zero-order valence-corrected chi connectivity index (χ0v) is 8.79. The van der Waals surface area contributed by atoms with Gasteiger partial charge < -0.3 is 15.8 Å². The van der Waals surface area contributed by atoms with Crippen molar-refractivity contribution in [1.29, 1.82) is 0 Å². The lowest BCUT2D eigenvalue weighted by atomic mass is 10.0. The molecule has 82 valence electrons. The van der Waals surface area contributed by atoms with E-state index in [-0.39, 0.29) is 5.91 Å². The Balaban J connectivity index is 2.05. The van der Waals surface area contributed by atoms with Crippen LogP contribution in [0.2, 0.25) is 0 Å². The summed E-state index contributed by atoms with van der Waals surface area (Å²) >= 11 is 0. The molecule has 0 saturated carbocycles. The number of carbonyl (C=O) groups is 1. The highest BCUT2D eigenvalue weighted by Crippen LogP contribution is 2.10. The molecule has 0 aromatic carbocycles. The molecule has 14 heavy (non-hydrogen) atoms. The van der Waals surface area contributed by atoms with E-state index in [0.29, 0.717) is 12.6 Å². The van der Waals surface area contributed by atoms with E-state index in [1.165, 1.54) is 19.3 Å². The normalized spacial score (nSPS) is 24.5. The first-order chi connectivity index (χ1) is 6.70. The van der Waals surface area contributed by atoms with Gasteiger partial charge in [-0.05, 0) is 32.7 Å². The molecular weight excluding hydrogens is 180 g/mol. The average molecular weight is 200 g/mol. The van der Waals surface area contributed by atoms with Gasteiger partial charge in [-0.3, -0.25) is 4.79 Å². The van der Waals surface area contributed by atoms with Gasteiger partial charge in [-0.2, -0.15) is 0 Å². The summed E-state index contributed by atoms with van der Waals surface area (Å²) in [7, 11) is 0. The molecular formula is C10H20N2O2. The minimum absolute atomic E-state index is 0.387. The summed E-state index contributed by atoms with van der Waals surface area (Å²) in [5, 5.41) is 3.43. The fraction of sp³-hybridized carbons (Fsp3) is 0.900. The van der Waals surface area contributed by atoms with Crippen molar-refractivity contribution >= 4 is 5.91 Å². The summed E-state index contributed by atoms with van der Waals surface area (Å²) in [6, 6.07) is 0.559. The Morgan fingerprint density at radius 3 is 3.00 bits per heavy atom. The molecule has 1 heterocycles. The van der Waals surface area contributed by atoms with Crippen LogP contribution < -0.4 is 11.1 Å². The van der Waals surface area contributed by atoms with Gasteiger partial charge in [0.25, 0.3) is 0 Å². The highest BCUT2D eigenvalue weighted by atomic mass is 16.5. The zero-order chi connectivity index (χ0) is 10.4. The average Bonchev–Trinajstić information content (AvgIpc) is 2.19. The molecule has 1 fully saturated rings. The van der Waals surface area contributed by atoms with Gasteiger partial charge in [0.1, 0.15) is 6.10 Å². The highest BCUT2D eigenvalue weighted by molar-refractivity contribution is 5.78. The molecule has 1 amide bonds. The van der Waals surface area contributed by atoms with Crippen LogP contribution in [0, 0.1) is 0 Å². The van der Waals surface area contributed by atoms with Gasteiger partial charge >= 0.3 is 0 Å². The van der Waals surface area contributed by atoms with Crippen molar-refractivity contribution in [2.45, 2.75) is 44.8 Å². The predicted octanol–water partition coefficient (Wildman–Crippen LogP) is 0.409. The quantitative estimate of drug-likeness (QED) is 0.675. The van der Waals surface area contributed by atoms with E-state index >= 15 is 0 Å². The van der Waals surface area contributed by atoms with Crippen LogP contribution in [0.15, 0.2) is 0 Å². The van der Waals surface area contributed by atoms with Gasteiger partial charge in [0.15, 0.2) is 0 Å². The van der Waals surface area contributed by atoms with Crippen molar-refractivity contribution in [3.8, 4) is 0 Å². The number of nitrogens with one attached hydrogen (secondary N) is 1. The maximum atomic E-state index is 10.7. The molecule has 0 spiro atoms. The van der Waals surface area contributed by atoms with Crippen molar-refractivity contribution in [1.82, 2.24) is 5.32 Å². The van der Waals surface area contributed by atoms with Gasteiger partial charge in [0.2, 0.25) is 5.91 Å². The van der Waals surface area contributed by atoms with Crippen LogP contribution in [-0.4, -0.2) is 31.2 Å². The summed E-state index contributed by atoms with van der Waals surface area (Å²) in [5.41, 5.74) is 5.08. The minimum Gasteiger partial charge on any atom is -0.369 e. The fourth-order valence-electron chi connectivity index (χ4n) is 1.64. The predicted molar refractivity (Wildman–Crippen MR) is 54.9 cm³/mol. The number of hydrogen-bond donors (Lipinski definition) is 2. The maximum Gasteiger partial charge on any atom is 0.246 e. The van der Waals surface area contributed by atoms with Crippen LogP contribution >= 0.6 is 0 Å². The van der Waals surface area contributed by atoms with E-state index in [1.807, 2.05) is 0 Å². The second-order valence-electron chi connectivity index (χ2n) is 3.85. The summed E-state index contributed by atoms with van der Waals surface area (Å²) in [6.45, 7) is 3.41. The Kier molecular flexibility index (Phi) is 4.90. The lowest BCUT2D eigenvalue weighted by Crippen LogP contribution is -2.36. The number of nitrogens with two attached hydrogens (primary N) is 1. The van der Waals surface area contributed by atoms with Crippen LogP contribution in [0.1, 0.15) is 32.6 Å². The number of amides is 1. The Labute approximate surface area is 85.2 Å². The largest absolute Gasteiger partial charge is 0.369 e. The Bertz CT molecular complexity index is 179. The number of primary amides is 1. The second-order valence-corrected chi connectivity index (χ2v) is 3.85. The lowest BCUT2D eigenvalue weighted by Gasteiger charge is -2.23. The van der Waals surface area contributed by atoms with E-state index in [9.17, 15) is 4.79 Å².